The average Bonchev–Trinajstić information content (AvgIpc) is 3.35. The number of nitrogens with zero attached hydrogens (tertiary/aromatic N) is 1. The number of primary amides is 1. The first-order chi connectivity index (χ1) is 16.4. The normalized spacial score (nSPS) is 19.9. The molecule has 6 nitrogen and oxygen atoms in total. The second kappa shape index (κ2) is 9.84. The van der Waals surface area contributed by atoms with Gasteiger partial charge in [0.15, 0.2) is 0 Å². The molecule has 0 saturated carbocycles. The lowest BCUT2D eigenvalue weighted by molar-refractivity contribution is 0.100. The summed E-state index contributed by atoms with van der Waals surface area (Å²) in [7, 11) is -2.88. The Morgan fingerprint density at radius 2 is 1.79 bits per heavy atom. The van der Waals surface area contributed by atoms with Gasteiger partial charge in [-0.25, -0.2) is 8.42 Å². The maximum atomic E-state index is 12.3. The predicted octanol–water partition coefficient (Wildman–Crippen LogP) is 4.74. The molecule has 1 aromatic carbocycles. The van der Waals surface area contributed by atoms with Crippen LogP contribution in [0.25, 0.3) is 22.0 Å². The van der Waals surface area contributed by atoms with E-state index in [1.165, 1.54) is 43.6 Å². The number of nitrogens with one attached hydrogen (secondary N) is 1. The number of carbonyl (C=O) groups excluding carboxylic acids is 1. The van der Waals surface area contributed by atoms with Gasteiger partial charge < -0.3 is 10.7 Å². The van der Waals surface area contributed by atoms with Crippen LogP contribution in [0.5, 0.6) is 0 Å². The highest BCUT2D eigenvalue weighted by molar-refractivity contribution is 7.91. The van der Waals surface area contributed by atoms with Crippen molar-refractivity contribution < 1.29 is 13.2 Å². The van der Waals surface area contributed by atoms with Crippen LogP contribution in [0.1, 0.15) is 59.3 Å². The van der Waals surface area contributed by atoms with Crippen molar-refractivity contribution in [2.45, 2.75) is 51.5 Å². The fourth-order valence-electron chi connectivity index (χ4n) is 5.40. The average molecular weight is 500 g/mol. The molecule has 0 aliphatic carbocycles. The van der Waals surface area contributed by atoms with E-state index in [0.29, 0.717) is 24.3 Å². The number of hydrogen-bond donors (Lipinski definition) is 2. The molecule has 0 spiro atoms. The molecule has 2 saturated heterocycles. The minimum atomic E-state index is -2.88. The van der Waals surface area contributed by atoms with Gasteiger partial charge in [0.2, 0.25) is 0 Å². The lowest BCUT2D eigenvalue weighted by Crippen LogP contribution is -2.24. The molecule has 2 aliphatic rings. The zero-order valence-electron chi connectivity index (χ0n) is 19.5. The molecular weight excluding hydrogens is 466 g/mol. The van der Waals surface area contributed by atoms with E-state index in [-0.39, 0.29) is 11.5 Å². The summed E-state index contributed by atoms with van der Waals surface area (Å²) >= 11 is 1.78. The Balaban J connectivity index is 1.42. The minimum Gasteiger partial charge on any atom is -0.366 e. The minimum absolute atomic E-state index is 0.270. The first-order valence-corrected chi connectivity index (χ1v) is 15.0. The second-order valence-electron chi connectivity index (χ2n) is 9.92. The van der Waals surface area contributed by atoms with Gasteiger partial charge in [-0.1, -0.05) is 12.8 Å². The molecule has 1 amide bonds. The number of amides is 1. The molecule has 0 radical (unpaired) electrons. The third-order valence-electron chi connectivity index (χ3n) is 7.39. The standard InChI is InChI=1S/C26H33N3O3S2/c27-26(30)24-14-19(21-12-22(33-17-21)16-29-7-3-1-2-4-8-29)13-23-20(15-28-25(23)24)11-18-5-9-34(31,32)10-6-18/h12-15,17-18,28H,1-11,16H2,(H2,27,30). The number of aromatic amines is 1. The molecule has 0 atom stereocenters. The first-order valence-electron chi connectivity index (χ1n) is 12.3. The zero-order valence-corrected chi connectivity index (χ0v) is 21.1. The number of aromatic nitrogens is 1. The summed E-state index contributed by atoms with van der Waals surface area (Å²) < 4.78 is 23.6. The van der Waals surface area contributed by atoms with Crippen molar-refractivity contribution in [2.24, 2.45) is 11.7 Å². The lowest BCUT2D eigenvalue weighted by Gasteiger charge is -2.21. The number of carbonyl (C=O) groups is 1. The van der Waals surface area contributed by atoms with Crippen molar-refractivity contribution in [3.63, 3.8) is 0 Å². The van der Waals surface area contributed by atoms with E-state index in [9.17, 15) is 13.2 Å². The number of benzene rings is 1. The Hall–Kier alpha value is -2.16. The van der Waals surface area contributed by atoms with E-state index < -0.39 is 15.7 Å². The highest BCUT2D eigenvalue weighted by Crippen LogP contribution is 2.34. The number of nitrogens with two attached hydrogens (primary N) is 1. The largest absolute Gasteiger partial charge is 0.366 e. The van der Waals surface area contributed by atoms with Crippen LogP contribution < -0.4 is 5.73 Å². The van der Waals surface area contributed by atoms with Crippen LogP contribution in [0.4, 0.5) is 0 Å². The Bertz CT molecular complexity index is 1270. The lowest BCUT2D eigenvalue weighted by atomic mass is 9.92. The van der Waals surface area contributed by atoms with Gasteiger partial charge in [0, 0.05) is 23.0 Å². The van der Waals surface area contributed by atoms with Crippen LogP contribution in [0, 0.1) is 5.92 Å². The fraction of sp³-hybridized carbons (Fsp3) is 0.500. The highest BCUT2D eigenvalue weighted by Gasteiger charge is 2.25. The molecule has 0 unspecified atom stereocenters. The van der Waals surface area contributed by atoms with Crippen molar-refractivity contribution in [1.82, 2.24) is 9.88 Å². The van der Waals surface area contributed by atoms with Crippen LogP contribution in [-0.4, -0.2) is 48.8 Å². The molecule has 2 fully saturated rings. The van der Waals surface area contributed by atoms with Crippen molar-refractivity contribution >= 4 is 38.0 Å². The Kier molecular flexibility index (Phi) is 6.82. The number of fused-ring (bicyclic) bond motifs is 1. The van der Waals surface area contributed by atoms with Crippen LogP contribution in [0.2, 0.25) is 0 Å². The van der Waals surface area contributed by atoms with Crippen molar-refractivity contribution in [3.8, 4) is 11.1 Å². The predicted molar refractivity (Wildman–Crippen MR) is 139 cm³/mol. The molecule has 2 aliphatic heterocycles. The molecule has 8 heteroatoms. The quantitative estimate of drug-likeness (QED) is 0.512. The van der Waals surface area contributed by atoms with Gasteiger partial charge in [0.05, 0.1) is 22.6 Å². The van der Waals surface area contributed by atoms with Crippen LogP contribution >= 0.6 is 11.3 Å². The monoisotopic (exact) mass is 499 g/mol. The maximum Gasteiger partial charge on any atom is 0.250 e. The fourth-order valence-corrected chi connectivity index (χ4v) is 7.92. The molecule has 3 aromatic rings. The van der Waals surface area contributed by atoms with Crippen molar-refractivity contribution in [2.75, 3.05) is 24.6 Å². The highest BCUT2D eigenvalue weighted by atomic mass is 32.2. The van der Waals surface area contributed by atoms with E-state index in [0.717, 1.165) is 40.6 Å². The third kappa shape index (κ3) is 5.24. The molecule has 4 heterocycles. The molecule has 3 N–H and O–H groups in total. The summed E-state index contributed by atoms with van der Waals surface area (Å²) in [6, 6.07) is 6.31. The summed E-state index contributed by atoms with van der Waals surface area (Å²) in [5.41, 5.74) is 10.3. The van der Waals surface area contributed by atoms with E-state index in [1.807, 2.05) is 12.3 Å². The number of rotatable bonds is 6. The SMILES string of the molecule is NC(=O)c1cc(-c2csc(CN3CCCCCC3)c2)cc2c(CC3CCS(=O)(=O)CC3)c[nH]c12. The first kappa shape index (κ1) is 23.6. The summed E-state index contributed by atoms with van der Waals surface area (Å²) in [4.78, 5) is 19.5. The van der Waals surface area contributed by atoms with E-state index in [2.05, 4.69) is 27.4 Å². The third-order valence-corrected chi connectivity index (χ3v) is 10.0. The van der Waals surface area contributed by atoms with Crippen LogP contribution in [0.3, 0.4) is 0 Å². The maximum absolute atomic E-state index is 12.3. The van der Waals surface area contributed by atoms with Gasteiger partial charge in [-0.05, 0) is 91.4 Å². The van der Waals surface area contributed by atoms with Gasteiger partial charge >= 0.3 is 0 Å². The topological polar surface area (TPSA) is 96.3 Å². The van der Waals surface area contributed by atoms with Crippen LogP contribution in [-0.2, 0) is 22.8 Å². The molecule has 2 aromatic heterocycles. The summed E-state index contributed by atoms with van der Waals surface area (Å²) in [6.07, 6.45) is 9.38. The summed E-state index contributed by atoms with van der Waals surface area (Å²) in [6.45, 7) is 3.32. The van der Waals surface area contributed by atoms with E-state index in [1.54, 1.807) is 11.3 Å². The Morgan fingerprint density at radius 1 is 1.06 bits per heavy atom. The van der Waals surface area contributed by atoms with Gasteiger partial charge in [0.1, 0.15) is 9.84 Å². The zero-order chi connectivity index (χ0) is 23.7. The molecule has 182 valence electrons. The Morgan fingerprint density at radius 3 is 2.50 bits per heavy atom. The second-order valence-corrected chi connectivity index (χ2v) is 13.2. The molecule has 0 bridgehead atoms. The smallest absolute Gasteiger partial charge is 0.250 e. The molecule has 5 rings (SSSR count). The number of H-pyrrole nitrogens is 1. The summed E-state index contributed by atoms with van der Waals surface area (Å²) in [5.74, 6) is 0.438. The summed E-state index contributed by atoms with van der Waals surface area (Å²) in [5, 5.41) is 3.19. The number of likely N-dealkylation sites (tertiary alicyclic amines) is 1. The number of hydrogen-bond acceptors (Lipinski definition) is 5. The van der Waals surface area contributed by atoms with E-state index in [4.69, 9.17) is 5.73 Å². The molecular formula is C26H33N3O3S2. The van der Waals surface area contributed by atoms with Crippen molar-refractivity contribution in [3.05, 3.63) is 45.8 Å². The number of sulfone groups is 1. The number of thiophene rings is 1. The van der Waals surface area contributed by atoms with Crippen molar-refractivity contribution in [1.29, 1.82) is 0 Å². The van der Waals surface area contributed by atoms with Gasteiger partial charge in [-0.2, -0.15) is 0 Å². The van der Waals surface area contributed by atoms with Gasteiger partial charge in [0.25, 0.3) is 5.91 Å². The molecule has 34 heavy (non-hydrogen) atoms. The van der Waals surface area contributed by atoms with E-state index >= 15 is 0 Å². The van der Waals surface area contributed by atoms with Crippen LogP contribution in [0.15, 0.2) is 29.8 Å². The van der Waals surface area contributed by atoms with Gasteiger partial charge in [-0.3, -0.25) is 9.69 Å². The van der Waals surface area contributed by atoms with Gasteiger partial charge in [-0.15, -0.1) is 11.3 Å². The Labute approximate surface area is 205 Å².